The van der Waals surface area contributed by atoms with Crippen LogP contribution >= 0.6 is 0 Å². The molecular formula is C18H32N4O3S. The zero-order chi connectivity index (χ0) is 19.8. The molecule has 3 N–H and O–H groups in total. The molecule has 0 saturated heterocycles. The number of hydrogen-bond donors (Lipinski definition) is 3. The fourth-order valence-corrected chi connectivity index (χ4v) is 3.07. The number of sulfonamides is 1. The second kappa shape index (κ2) is 9.89. The predicted molar refractivity (Wildman–Crippen MR) is 106 cm³/mol. The summed E-state index contributed by atoms with van der Waals surface area (Å²) in [4.78, 5) is 4.80. The van der Waals surface area contributed by atoms with Crippen LogP contribution in [0.3, 0.4) is 0 Å². The van der Waals surface area contributed by atoms with Crippen LogP contribution in [-0.4, -0.2) is 47.7 Å². The van der Waals surface area contributed by atoms with Crippen molar-refractivity contribution in [1.82, 2.24) is 15.4 Å². The van der Waals surface area contributed by atoms with Crippen molar-refractivity contribution in [2.75, 3.05) is 27.2 Å². The molecule has 0 saturated carbocycles. The van der Waals surface area contributed by atoms with E-state index in [-0.39, 0.29) is 16.4 Å². The molecule has 1 aromatic rings. The topological polar surface area (TPSA) is 91.8 Å². The third-order valence-electron chi connectivity index (χ3n) is 3.97. The molecule has 0 aliphatic carbocycles. The summed E-state index contributed by atoms with van der Waals surface area (Å²) in [6.45, 7) is 10.2. The van der Waals surface area contributed by atoms with Gasteiger partial charge in [-0.2, -0.15) is 0 Å². The van der Waals surface area contributed by atoms with Crippen molar-refractivity contribution in [2.24, 2.45) is 10.4 Å². The minimum Gasteiger partial charge on any atom is -0.379 e. The molecule has 0 radical (unpaired) electrons. The number of nitrogens with one attached hydrogen (secondary N) is 3. The largest absolute Gasteiger partial charge is 0.379 e. The number of benzene rings is 1. The van der Waals surface area contributed by atoms with Crippen LogP contribution in [0.4, 0.5) is 0 Å². The molecule has 0 aliphatic rings. The van der Waals surface area contributed by atoms with Crippen molar-refractivity contribution in [2.45, 2.75) is 45.2 Å². The molecule has 7 nitrogen and oxygen atoms in total. The number of ether oxygens (including phenoxy) is 1. The summed E-state index contributed by atoms with van der Waals surface area (Å²) in [6, 6.07) is 6.70. The van der Waals surface area contributed by atoms with Gasteiger partial charge in [0, 0.05) is 20.2 Å². The van der Waals surface area contributed by atoms with Crippen LogP contribution in [0.1, 0.15) is 33.3 Å². The Balaban J connectivity index is 2.77. The standard InChI is InChI=1S/C18H32N4O3S/c1-7-20-17(22-13-16(25-6)18(2,3)4)21-12-14-8-10-15(11-9-14)26(23,24)19-5/h8-11,16,19H,7,12-13H2,1-6H3,(H2,20,21,22). The van der Waals surface area contributed by atoms with Crippen LogP contribution in [0.5, 0.6) is 0 Å². The van der Waals surface area contributed by atoms with E-state index in [0.717, 1.165) is 12.1 Å². The Morgan fingerprint density at radius 1 is 1.19 bits per heavy atom. The molecule has 0 aromatic heterocycles. The maximum Gasteiger partial charge on any atom is 0.240 e. The maximum absolute atomic E-state index is 11.8. The number of hydrogen-bond acceptors (Lipinski definition) is 4. The van der Waals surface area contributed by atoms with E-state index in [9.17, 15) is 8.42 Å². The molecule has 148 valence electrons. The summed E-state index contributed by atoms with van der Waals surface area (Å²) in [5.74, 6) is 0.700. The average Bonchev–Trinajstić information content (AvgIpc) is 2.59. The van der Waals surface area contributed by atoms with Gasteiger partial charge in [-0.3, -0.25) is 0 Å². The number of rotatable bonds is 8. The van der Waals surface area contributed by atoms with Gasteiger partial charge < -0.3 is 15.4 Å². The molecular weight excluding hydrogens is 352 g/mol. The monoisotopic (exact) mass is 384 g/mol. The average molecular weight is 385 g/mol. The van der Waals surface area contributed by atoms with E-state index in [1.807, 2.05) is 6.92 Å². The second-order valence-electron chi connectivity index (χ2n) is 7.02. The number of nitrogens with zero attached hydrogens (tertiary/aromatic N) is 1. The van der Waals surface area contributed by atoms with Gasteiger partial charge in [0.15, 0.2) is 5.96 Å². The molecule has 0 bridgehead atoms. The van der Waals surface area contributed by atoms with Crippen LogP contribution in [0.15, 0.2) is 34.2 Å². The minimum atomic E-state index is -3.41. The Labute approximate surface area is 157 Å². The molecule has 0 fully saturated rings. The summed E-state index contributed by atoms with van der Waals surface area (Å²) in [7, 11) is -0.308. The van der Waals surface area contributed by atoms with Crippen molar-refractivity contribution in [3.63, 3.8) is 0 Å². The Morgan fingerprint density at radius 2 is 1.81 bits per heavy atom. The van der Waals surface area contributed by atoms with Crippen molar-refractivity contribution in [3.05, 3.63) is 29.8 Å². The summed E-state index contributed by atoms with van der Waals surface area (Å²) in [6.07, 6.45) is 0.0531. The quantitative estimate of drug-likeness (QED) is 0.469. The van der Waals surface area contributed by atoms with Crippen LogP contribution in [0.25, 0.3) is 0 Å². The van der Waals surface area contributed by atoms with E-state index < -0.39 is 10.0 Å². The van der Waals surface area contributed by atoms with Crippen LogP contribution in [0, 0.1) is 5.41 Å². The summed E-state index contributed by atoms with van der Waals surface area (Å²) >= 11 is 0. The number of aliphatic imine (C=N–C) groups is 1. The fourth-order valence-electron chi connectivity index (χ4n) is 2.34. The Morgan fingerprint density at radius 3 is 2.27 bits per heavy atom. The van der Waals surface area contributed by atoms with E-state index >= 15 is 0 Å². The summed E-state index contributed by atoms with van der Waals surface area (Å²) in [5.41, 5.74) is 0.949. The van der Waals surface area contributed by atoms with Crippen molar-refractivity contribution < 1.29 is 13.2 Å². The molecule has 1 unspecified atom stereocenters. The third-order valence-corrected chi connectivity index (χ3v) is 5.40. The van der Waals surface area contributed by atoms with Crippen LogP contribution < -0.4 is 15.4 Å². The molecule has 26 heavy (non-hydrogen) atoms. The van der Waals surface area contributed by atoms with Gasteiger partial charge in [0.05, 0.1) is 17.5 Å². The SMILES string of the molecule is CCNC(=NCc1ccc(S(=O)(=O)NC)cc1)NCC(OC)C(C)(C)C. The first kappa shape index (κ1) is 22.4. The van der Waals surface area contributed by atoms with Gasteiger partial charge in [-0.05, 0) is 37.1 Å². The zero-order valence-electron chi connectivity index (χ0n) is 16.6. The lowest BCUT2D eigenvalue weighted by molar-refractivity contribution is 0.0205. The molecule has 1 atom stereocenters. The normalized spacial score (nSPS) is 14.2. The van der Waals surface area contributed by atoms with Gasteiger partial charge in [-0.15, -0.1) is 0 Å². The fraction of sp³-hybridized carbons (Fsp3) is 0.611. The molecule has 0 aliphatic heterocycles. The molecule has 0 spiro atoms. The molecule has 0 heterocycles. The van der Waals surface area contributed by atoms with Gasteiger partial charge in [0.1, 0.15) is 0 Å². The Kier molecular flexibility index (Phi) is 8.52. The minimum absolute atomic E-state index is 0.0215. The lowest BCUT2D eigenvalue weighted by atomic mass is 9.89. The molecule has 1 aromatic carbocycles. The van der Waals surface area contributed by atoms with Crippen LogP contribution in [0.2, 0.25) is 0 Å². The van der Waals surface area contributed by atoms with E-state index in [1.54, 1.807) is 31.4 Å². The van der Waals surface area contributed by atoms with E-state index in [4.69, 9.17) is 4.74 Å². The maximum atomic E-state index is 11.8. The third kappa shape index (κ3) is 6.93. The predicted octanol–water partition coefficient (Wildman–Crippen LogP) is 1.71. The number of methoxy groups -OCH3 is 1. The van der Waals surface area contributed by atoms with Crippen LogP contribution in [-0.2, 0) is 21.3 Å². The van der Waals surface area contributed by atoms with E-state index in [2.05, 4.69) is 41.1 Å². The number of guanidine groups is 1. The van der Waals surface area contributed by atoms with E-state index in [0.29, 0.717) is 19.0 Å². The zero-order valence-corrected chi connectivity index (χ0v) is 17.4. The highest BCUT2D eigenvalue weighted by Gasteiger charge is 2.24. The van der Waals surface area contributed by atoms with Gasteiger partial charge in [-0.25, -0.2) is 18.1 Å². The summed E-state index contributed by atoms with van der Waals surface area (Å²) < 4.78 is 31.4. The highest BCUT2D eigenvalue weighted by molar-refractivity contribution is 7.89. The van der Waals surface area contributed by atoms with Gasteiger partial charge in [-0.1, -0.05) is 32.9 Å². The smallest absolute Gasteiger partial charge is 0.240 e. The van der Waals surface area contributed by atoms with Gasteiger partial charge >= 0.3 is 0 Å². The first-order valence-electron chi connectivity index (χ1n) is 8.71. The first-order valence-corrected chi connectivity index (χ1v) is 10.2. The van der Waals surface area contributed by atoms with Gasteiger partial charge in [0.25, 0.3) is 0 Å². The lowest BCUT2D eigenvalue weighted by Crippen LogP contribution is -2.45. The van der Waals surface area contributed by atoms with E-state index in [1.165, 1.54) is 7.05 Å². The highest BCUT2D eigenvalue weighted by Crippen LogP contribution is 2.20. The Bertz CT molecular complexity index is 679. The second-order valence-corrected chi connectivity index (χ2v) is 8.90. The molecule has 0 amide bonds. The molecule has 1 rings (SSSR count). The molecule has 8 heteroatoms. The Hall–Kier alpha value is -1.64. The van der Waals surface area contributed by atoms with Crippen molar-refractivity contribution in [1.29, 1.82) is 0 Å². The highest BCUT2D eigenvalue weighted by atomic mass is 32.2. The van der Waals surface area contributed by atoms with Gasteiger partial charge in [0.2, 0.25) is 10.0 Å². The first-order chi connectivity index (χ1) is 12.1. The summed E-state index contributed by atoms with van der Waals surface area (Å²) in [5, 5.41) is 6.51. The van der Waals surface area contributed by atoms with Crippen molar-refractivity contribution in [3.8, 4) is 0 Å². The van der Waals surface area contributed by atoms with Crippen molar-refractivity contribution >= 4 is 16.0 Å². The lowest BCUT2D eigenvalue weighted by Gasteiger charge is -2.30.